The lowest BCUT2D eigenvalue weighted by atomic mass is 10.1. The van der Waals surface area contributed by atoms with Gasteiger partial charge in [-0.2, -0.15) is 0 Å². The van der Waals surface area contributed by atoms with Gasteiger partial charge in [0.05, 0.1) is 20.2 Å². The molecule has 3 nitrogen and oxygen atoms in total. The van der Waals surface area contributed by atoms with Crippen molar-refractivity contribution in [1.29, 1.82) is 0 Å². The fraction of sp³-hybridized carbons (Fsp3) is 0.130. The molecule has 0 fully saturated rings. The van der Waals surface area contributed by atoms with Crippen molar-refractivity contribution in [3.63, 3.8) is 0 Å². The maximum absolute atomic E-state index is 12.6. The van der Waals surface area contributed by atoms with Crippen LogP contribution in [0.5, 0.6) is 0 Å². The first-order valence-electron chi connectivity index (χ1n) is 9.21. The Morgan fingerprint density at radius 3 is 2.52 bits per heavy atom. The second kappa shape index (κ2) is 9.15. The van der Waals surface area contributed by atoms with Crippen molar-refractivity contribution in [1.82, 2.24) is 10.3 Å². The third-order valence-corrected chi connectivity index (χ3v) is 7.80. The standard InChI is InChI=1S/C23H16Cl2N2OS3/c1-23(2,27-21(28)14-10-15(24)12-16(25)11-14)8-7-17-5-6-18(30-17)20-13-26-22(31-20)19-4-3-9-29-19/h3-6,9-13H,1-2H3,(H,27,28). The quantitative estimate of drug-likeness (QED) is 0.294. The van der Waals surface area contributed by atoms with E-state index in [4.69, 9.17) is 23.2 Å². The van der Waals surface area contributed by atoms with E-state index in [1.807, 2.05) is 32.2 Å². The zero-order chi connectivity index (χ0) is 22.0. The third-order valence-electron chi connectivity index (χ3n) is 4.14. The number of halogens is 2. The molecule has 0 aliphatic heterocycles. The van der Waals surface area contributed by atoms with Gasteiger partial charge in [-0.25, -0.2) is 4.98 Å². The highest BCUT2D eigenvalue weighted by atomic mass is 35.5. The summed E-state index contributed by atoms with van der Waals surface area (Å²) < 4.78 is 0. The summed E-state index contributed by atoms with van der Waals surface area (Å²) >= 11 is 17.0. The maximum Gasteiger partial charge on any atom is 0.252 e. The number of rotatable bonds is 4. The van der Waals surface area contributed by atoms with Crippen molar-refractivity contribution in [2.45, 2.75) is 19.4 Å². The van der Waals surface area contributed by atoms with Crippen LogP contribution in [0.3, 0.4) is 0 Å². The first-order valence-corrected chi connectivity index (χ1v) is 12.5. The van der Waals surface area contributed by atoms with Crippen LogP contribution in [0.15, 0.2) is 54.0 Å². The van der Waals surface area contributed by atoms with Gasteiger partial charge >= 0.3 is 0 Å². The minimum atomic E-state index is -0.729. The van der Waals surface area contributed by atoms with Crippen molar-refractivity contribution >= 4 is 63.1 Å². The minimum Gasteiger partial charge on any atom is -0.336 e. The minimum absolute atomic E-state index is 0.277. The molecule has 0 aliphatic carbocycles. The van der Waals surface area contributed by atoms with Gasteiger partial charge in [-0.05, 0) is 55.6 Å². The molecule has 156 valence electrons. The Labute approximate surface area is 202 Å². The Balaban J connectivity index is 1.47. The van der Waals surface area contributed by atoms with E-state index in [0.29, 0.717) is 15.6 Å². The van der Waals surface area contributed by atoms with Gasteiger partial charge in [-0.1, -0.05) is 41.1 Å². The number of hydrogen-bond donors (Lipinski definition) is 1. The van der Waals surface area contributed by atoms with Crippen LogP contribution in [-0.4, -0.2) is 16.4 Å². The molecule has 0 saturated heterocycles. The summed E-state index contributed by atoms with van der Waals surface area (Å²) in [5.41, 5.74) is -0.329. The van der Waals surface area contributed by atoms with Gasteiger partial charge in [0.15, 0.2) is 0 Å². The second-order valence-electron chi connectivity index (χ2n) is 7.16. The van der Waals surface area contributed by atoms with Crippen molar-refractivity contribution in [3.8, 4) is 31.5 Å². The molecule has 0 bridgehead atoms. The van der Waals surface area contributed by atoms with Crippen molar-refractivity contribution in [2.75, 3.05) is 0 Å². The molecule has 1 aromatic carbocycles. The van der Waals surface area contributed by atoms with E-state index in [-0.39, 0.29) is 5.91 Å². The molecule has 31 heavy (non-hydrogen) atoms. The number of thiazole rings is 1. The molecule has 0 aliphatic rings. The Kier molecular flexibility index (Phi) is 6.52. The Morgan fingerprint density at radius 1 is 1.03 bits per heavy atom. The molecule has 8 heteroatoms. The molecule has 1 amide bonds. The lowest BCUT2D eigenvalue weighted by Crippen LogP contribution is -2.42. The molecule has 0 saturated carbocycles. The SMILES string of the molecule is CC(C)(C#Cc1ccc(-c2cnc(-c3cccs3)s2)s1)NC(=O)c1cc(Cl)cc(Cl)c1. The molecule has 4 aromatic rings. The number of aromatic nitrogens is 1. The van der Waals surface area contributed by atoms with E-state index in [0.717, 1.165) is 19.6 Å². The smallest absolute Gasteiger partial charge is 0.252 e. The predicted octanol–water partition coefficient (Wildman–Crippen LogP) is 7.47. The molecule has 0 unspecified atom stereocenters. The van der Waals surface area contributed by atoms with Crippen molar-refractivity contribution in [3.05, 3.63) is 74.5 Å². The number of carbonyl (C=O) groups excluding carboxylic acids is 1. The highest BCUT2D eigenvalue weighted by Gasteiger charge is 2.19. The van der Waals surface area contributed by atoms with E-state index in [1.54, 1.807) is 52.2 Å². The average molecular weight is 504 g/mol. The van der Waals surface area contributed by atoms with Crippen LogP contribution in [0.4, 0.5) is 0 Å². The predicted molar refractivity (Wildman–Crippen MR) is 134 cm³/mol. The van der Waals surface area contributed by atoms with Gasteiger partial charge in [0.2, 0.25) is 0 Å². The van der Waals surface area contributed by atoms with Crippen LogP contribution >= 0.6 is 57.2 Å². The average Bonchev–Trinajstić information content (AvgIpc) is 3.46. The zero-order valence-electron chi connectivity index (χ0n) is 16.5. The van der Waals surface area contributed by atoms with Crippen LogP contribution < -0.4 is 5.32 Å². The molecule has 0 spiro atoms. The number of amides is 1. The van der Waals surface area contributed by atoms with E-state index in [9.17, 15) is 4.79 Å². The number of carbonyl (C=O) groups is 1. The topological polar surface area (TPSA) is 42.0 Å². The normalized spacial score (nSPS) is 11.1. The van der Waals surface area contributed by atoms with Gasteiger partial charge in [0, 0.05) is 26.7 Å². The molecule has 1 N–H and O–H groups in total. The highest BCUT2D eigenvalue weighted by Crippen LogP contribution is 2.37. The summed E-state index contributed by atoms with van der Waals surface area (Å²) in [5, 5.41) is 6.83. The zero-order valence-corrected chi connectivity index (χ0v) is 20.5. The van der Waals surface area contributed by atoms with E-state index >= 15 is 0 Å². The van der Waals surface area contributed by atoms with Gasteiger partial charge in [0.1, 0.15) is 5.01 Å². The van der Waals surface area contributed by atoms with Crippen LogP contribution in [-0.2, 0) is 0 Å². The summed E-state index contributed by atoms with van der Waals surface area (Å²) in [6.45, 7) is 3.71. The van der Waals surface area contributed by atoms with Crippen LogP contribution in [0, 0.1) is 11.8 Å². The summed E-state index contributed by atoms with van der Waals surface area (Å²) in [7, 11) is 0. The van der Waals surface area contributed by atoms with Gasteiger partial charge in [-0.15, -0.1) is 34.0 Å². The molecular formula is C23H16Cl2N2OS3. The fourth-order valence-electron chi connectivity index (χ4n) is 2.73. The van der Waals surface area contributed by atoms with E-state index < -0.39 is 5.54 Å². The fourth-order valence-corrected chi connectivity index (χ4v) is 5.91. The maximum atomic E-state index is 12.6. The second-order valence-corrected chi connectivity index (χ2v) is 11.1. The van der Waals surface area contributed by atoms with Crippen molar-refractivity contribution < 1.29 is 4.79 Å². The molecule has 3 heterocycles. The monoisotopic (exact) mass is 502 g/mol. The highest BCUT2D eigenvalue weighted by molar-refractivity contribution is 7.25. The molecular weight excluding hydrogens is 487 g/mol. The van der Waals surface area contributed by atoms with Gasteiger partial charge in [0.25, 0.3) is 5.91 Å². The first-order chi connectivity index (χ1) is 14.8. The summed E-state index contributed by atoms with van der Waals surface area (Å²) in [5.74, 6) is 6.05. The molecule has 3 aromatic heterocycles. The number of benzene rings is 1. The van der Waals surface area contributed by atoms with Crippen LogP contribution in [0.1, 0.15) is 29.1 Å². The van der Waals surface area contributed by atoms with Gasteiger partial charge in [-0.3, -0.25) is 4.79 Å². The number of nitrogens with zero attached hydrogens (tertiary/aromatic N) is 1. The summed E-state index contributed by atoms with van der Waals surface area (Å²) in [6, 6.07) is 12.9. The van der Waals surface area contributed by atoms with E-state index in [2.05, 4.69) is 39.7 Å². The molecule has 0 atom stereocenters. The Bertz CT molecular complexity index is 1270. The first kappa shape index (κ1) is 22.1. The summed E-state index contributed by atoms with van der Waals surface area (Å²) in [6.07, 6.45) is 1.91. The van der Waals surface area contributed by atoms with Gasteiger partial charge < -0.3 is 5.32 Å². The summed E-state index contributed by atoms with van der Waals surface area (Å²) in [4.78, 5) is 21.4. The number of thiophene rings is 2. The Morgan fingerprint density at radius 2 is 1.81 bits per heavy atom. The van der Waals surface area contributed by atoms with Crippen LogP contribution in [0.25, 0.3) is 19.6 Å². The number of hydrogen-bond acceptors (Lipinski definition) is 5. The lowest BCUT2D eigenvalue weighted by molar-refractivity contribution is 0.0930. The van der Waals surface area contributed by atoms with Crippen LogP contribution in [0.2, 0.25) is 10.0 Å². The molecule has 4 rings (SSSR count). The largest absolute Gasteiger partial charge is 0.336 e. The third kappa shape index (κ3) is 5.57. The number of nitrogens with one attached hydrogen (secondary N) is 1. The van der Waals surface area contributed by atoms with E-state index in [1.165, 1.54) is 4.88 Å². The lowest BCUT2D eigenvalue weighted by Gasteiger charge is -2.20. The van der Waals surface area contributed by atoms with Crippen molar-refractivity contribution in [2.24, 2.45) is 0 Å². The Hall–Kier alpha value is -2.14. The molecule has 0 radical (unpaired) electrons.